The Morgan fingerprint density at radius 1 is 0.955 bits per heavy atom. The molecule has 6 rings (SSSR count). The molecule has 2 aliphatic rings. The molecule has 2 amide bonds. The molecule has 1 fully saturated rings. The molecule has 3 aromatic carbocycles. The maximum absolute atomic E-state index is 13.8. The van der Waals surface area contributed by atoms with Crippen LogP contribution in [0.15, 0.2) is 72.9 Å². The number of aromatic amines is 1. The molecule has 11 heteroatoms. The Balaban J connectivity index is 1.22. The molecule has 8 nitrogen and oxygen atoms in total. The molecule has 44 heavy (non-hydrogen) atoms. The molecule has 0 atom stereocenters. The number of hydrogen-bond acceptors (Lipinski definition) is 5. The van der Waals surface area contributed by atoms with E-state index in [1.165, 1.54) is 6.07 Å². The van der Waals surface area contributed by atoms with Gasteiger partial charge in [0.2, 0.25) is 0 Å². The van der Waals surface area contributed by atoms with E-state index in [4.69, 9.17) is 0 Å². The van der Waals surface area contributed by atoms with Crippen molar-refractivity contribution < 1.29 is 22.8 Å². The molecule has 3 heterocycles. The van der Waals surface area contributed by atoms with Crippen molar-refractivity contribution >= 4 is 51.9 Å². The van der Waals surface area contributed by atoms with Gasteiger partial charge in [0.15, 0.2) is 0 Å². The van der Waals surface area contributed by atoms with Crippen LogP contribution in [0.2, 0.25) is 0 Å². The number of carbonyl (C=O) groups excluding carboxylic acids is 2. The van der Waals surface area contributed by atoms with Crippen LogP contribution < -0.4 is 20.9 Å². The lowest BCUT2D eigenvalue weighted by Crippen LogP contribution is -2.44. The average molecular weight is 601 g/mol. The van der Waals surface area contributed by atoms with Crippen molar-refractivity contribution in [2.24, 2.45) is 0 Å². The molecular weight excluding hydrogens is 569 g/mol. The highest BCUT2D eigenvalue weighted by Crippen LogP contribution is 2.37. The zero-order valence-corrected chi connectivity index (χ0v) is 24.2. The predicted molar refractivity (Wildman–Crippen MR) is 167 cm³/mol. The molecule has 1 saturated heterocycles. The first kappa shape index (κ1) is 29.1. The molecule has 0 bridgehead atoms. The zero-order valence-electron chi connectivity index (χ0n) is 24.2. The number of nitrogens with one attached hydrogen (secondary N) is 4. The van der Waals surface area contributed by atoms with Crippen LogP contribution in [0, 0.1) is 6.92 Å². The van der Waals surface area contributed by atoms with Crippen molar-refractivity contribution in [3.8, 4) is 0 Å². The number of piperazine rings is 1. The van der Waals surface area contributed by atoms with Crippen LogP contribution in [-0.4, -0.2) is 54.9 Å². The summed E-state index contributed by atoms with van der Waals surface area (Å²) in [7, 11) is 1.97. The normalized spacial score (nSPS) is 16.2. The van der Waals surface area contributed by atoms with Crippen molar-refractivity contribution in [2.75, 3.05) is 54.1 Å². The van der Waals surface area contributed by atoms with Gasteiger partial charge in [-0.05, 0) is 80.2 Å². The Hall–Kier alpha value is -5.03. The van der Waals surface area contributed by atoms with Gasteiger partial charge in [0, 0.05) is 71.9 Å². The van der Waals surface area contributed by atoms with E-state index in [1.807, 2.05) is 55.3 Å². The molecule has 0 unspecified atom stereocenters. The first-order chi connectivity index (χ1) is 21.0. The Labute approximate surface area is 252 Å². The number of alkyl halides is 3. The molecule has 0 spiro atoms. The first-order valence-corrected chi connectivity index (χ1v) is 14.2. The number of rotatable bonds is 6. The molecular formula is C33H31F3N6O2. The van der Waals surface area contributed by atoms with E-state index < -0.39 is 17.6 Å². The third kappa shape index (κ3) is 6.18. The number of hydrogen-bond donors (Lipinski definition) is 4. The van der Waals surface area contributed by atoms with Gasteiger partial charge in [-0.25, -0.2) is 0 Å². The average Bonchev–Trinajstić information content (AvgIpc) is 3.62. The standard InChI is InChI=1S/C33H31F3N6O2/c1-20-5-6-25(39-31(43)21-14-22(33(34,35)36)16-26(15-21)42-12-10-41(2)11-13-42)18-29(20)38-24-7-8-27-28(17-23-4-3-9-37-23)32(44)40-30(27)19-24/h3-9,14-19,37-38H,10-13H2,1-2H3,(H,39,43)(H,40,44). The van der Waals surface area contributed by atoms with Gasteiger partial charge in [-0.2, -0.15) is 13.2 Å². The van der Waals surface area contributed by atoms with Gasteiger partial charge in [0.1, 0.15) is 0 Å². The highest BCUT2D eigenvalue weighted by atomic mass is 19.4. The van der Waals surface area contributed by atoms with Crippen molar-refractivity contribution in [2.45, 2.75) is 13.1 Å². The number of aromatic nitrogens is 1. The second-order valence-corrected chi connectivity index (χ2v) is 11.1. The summed E-state index contributed by atoms with van der Waals surface area (Å²) in [6, 6.07) is 18.0. The molecule has 2 aliphatic heterocycles. The van der Waals surface area contributed by atoms with Crippen molar-refractivity contribution in [3.05, 3.63) is 101 Å². The Kier molecular flexibility index (Phi) is 7.64. The fourth-order valence-corrected chi connectivity index (χ4v) is 5.35. The lowest BCUT2D eigenvalue weighted by Gasteiger charge is -2.34. The van der Waals surface area contributed by atoms with Crippen LogP contribution >= 0.6 is 0 Å². The molecule has 1 aromatic heterocycles. The highest BCUT2D eigenvalue weighted by molar-refractivity contribution is 6.35. The summed E-state index contributed by atoms with van der Waals surface area (Å²) in [6.45, 7) is 4.48. The Morgan fingerprint density at radius 3 is 2.45 bits per heavy atom. The molecule has 0 saturated carbocycles. The number of aryl methyl sites for hydroxylation is 1. The smallest absolute Gasteiger partial charge is 0.369 e. The third-order valence-electron chi connectivity index (χ3n) is 7.87. The third-order valence-corrected chi connectivity index (χ3v) is 7.87. The number of H-pyrrole nitrogens is 1. The quantitative estimate of drug-likeness (QED) is 0.188. The molecule has 0 aliphatic carbocycles. The van der Waals surface area contributed by atoms with Crippen LogP contribution in [0.25, 0.3) is 11.6 Å². The summed E-state index contributed by atoms with van der Waals surface area (Å²) >= 11 is 0. The summed E-state index contributed by atoms with van der Waals surface area (Å²) in [5.74, 6) is -0.832. The van der Waals surface area contributed by atoms with Gasteiger partial charge in [0.25, 0.3) is 11.8 Å². The van der Waals surface area contributed by atoms with Crippen molar-refractivity contribution in [3.63, 3.8) is 0 Å². The van der Waals surface area contributed by atoms with Gasteiger partial charge in [-0.1, -0.05) is 12.1 Å². The summed E-state index contributed by atoms with van der Waals surface area (Å²) in [6.07, 6.45) is -1.01. The number of amides is 2. The van der Waals surface area contributed by atoms with E-state index in [0.717, 1.165) is 42.0 Å². The van der Waals surface area contributed by atoms with Crippen molar-refractivity contribution in [1.82, 2.24) is 9.88 Å². The van der Waals surface area contributed by atoms with Crippen LogP contribution in [-0.2, 0) is 11.0 Å². The van der Waals surface area contributed by atoms with E-state index in [0.29, 0.717) is 47.1 Å². The van der Waals surface area contributed by atoms with Gasteiger partial charge < -0.3 is 30.7 Å². The largest absolute Gasteiger partial charge is 0.416 e. The number of fused-ring (bicyclic) bond motifs is 1. The van der Waals surface area contributed by atoms with Crippen LogP contribution in [0.4, 0.5) is 41.6 Å². The first-order valence-electron chi connectivity index (χ1n) is 14.2. The summed E-state index contributed by atoms with van der Waals surface area (Å²) in [4.78, 5) is 32.9. The number of likely N-dealkylation sites (N-methyl/N-ethyl adjacent to an activating group) is 1. The van der Waals surface area contributed by atoms with Gasteiger partial charge in [-0.15, -0.1) is 0 Å². The highest BCUT2D eigenvalue weighted by Gasteiger charge is 2.33. The van der Waals surface area contributed by atoms with Gasteiger partial charge >= 0.3 is 6.18 Å². The minimum Gasteiger partial charge on any atom is -0.369 e. The van der Waals surface area contributed by atoms with E-state index in [9.17, 15) is 22.8 Å². The van der Waals surface area contributed by atoms with E-state index in [2.05, 4.69) is 25.8 Å². The molecule has 4 N–H and O–H groups in total. The fourth-order valence-electron chi connectivity index (χ4n) is 5.35. The second-order valence-electron chi connectivity index (χ2n) is 11.1. The van der Waals surface area contributed by atoms with E-state index >= 15 is 0 Å². The van der Waals surface area contributed by atoms with Crippen LogP contribution in [0.3, 0.4) is 0 Å². The predicted octanol–water partition coefficient (Wildman–Crippen LogP) is 6.58. The summed E-state index contributed by atoms with van der Waals surface area (Å²) < 4.78 is 41.4. The van der Waals surface area contributed by atoms with Gasteiger partial charge in [-0.3, -0.25) is 9.59 Å². The summed E-state index contributed by atoms with van der Waals surface area (Å²) in [5, 5.41) is 8.99. The van der Waals surface area contributed by atoms with E-state index in [1.54, 1.807) is 24.4 Å². The second kappa shape index (κ2) is 11.6. The van der Waals surface area contributed by atoms with E-state index in [-0.39, 0.29) is 11.5 Å². The fraction of sp³-hybridized carbons (Fsp3) is 0.212. The number of halogens is 3. The number of anilines is 5. The lowest BCUT2D eigenvalue weighted by molar-refractivity contribution is -0.137. The van der Waals surface area contributed by atoms with Crippen molar-refractivity contribution in [1.29, 1.82) is 0 Å². The number of benzene rings is 3. The Morgan fingerprint density at radius 2 is 1.73 bits per heavy atom. The lowest BCUT2D eigenvalue weighted by atomic mass is 10.1. The number of carbonyl (C=O) groups is 2. The molecule has 0 radical (unpaired) electrons. The van der Waals surface area contributed by atoms with Crippen LogP contribution in [0.5, 0.6) is 0 Å². The SMILES string of the molecule is Cc1ccc(NC(=O)c2cc(N3CCN(C)CC3)cc(C(F)(F)F)c2)cc1Nc1ccc2c(c1)NC(=O)C2=Cc1ccc[nH]1. The van der Waals surface area contributed by atoms with Gasteiger partial charge in [0.05, 0.1) is 16.8 Å². The maximum Gasteiger partial charge on any atom is 0.416 e. The minimum atomic E-state index is -4.59. The molecule has 226 valence electrons. The minimum absolute atomic E-state index is 0.0681. The topological polar surface area (TPSA) is 92.5 Å². The summed E-state index contributed by atoms with van der Waals surface area (Å²) in [5.41, 5.74) is 4.98. The maximum atomic E-state index is 13.8. The van der Waals surface area contributed by atoms with Crippen LogP contribution in [0.1, 0.15) is 32.7 Å². The monoisotopic (exact) mass is 600 g/mol. The number of nitrogens with zero attached hydrogens (tertiary/aromatic N) is 2. The molecule has 4 aromatic rings. The zero-order chi connectivity index (χ0) is 31.0. The Bertz CT molecular complexity index is 1760.